The second-order valence-electron chi connectivity index (χ2n) is 7.14. The van der Waals surface area contributed by atoms with Gasteiger partial charge in [-0.2, -0.15) is 11.8 Å². The van der Waals surface area contributed by atoms with Gasteiger partial charge in [-0.15, -0.1) is 0 Å². The lowest BCUT2D eigenvalue weighted by molar-refractivity contribution is 0.401. The quantitative estimate of drug-likeness (QED) is 0.455. The lowest BCUT2D eigenvalue weighted by atomic mass is 10.0. The van der Waals surface area contributed by atoms with Crippen LogP contribution in [0.4, 0.5) is 0 Å². The smallest absolute Gasteiger partial charge is 0.121 e. The number of phenols is 1. The highest BCUT2D eigenvalue weighted by molar-refractivity contribution is 7.99. The van der Waals surface area contributed by atoms with E-state index in [4.69, 9.17) is 0 Å². The molecule has 0 radical (unpaired) electrons. The summed E-state index contributed by atoms with van der Waals surface area (Å²) in [6.07, 6.45) is 10.4. The summed E-state index contributed by atoms with van der Waals surface area (Å²) in [6, 6.07) is 4.28. The van der Waals surface area contributed by atoms with Crippen molar-refractivity contribution in [2.75, 3.05) is 25.6 Å². The Kier molecular flexibility index (Phi) is 11.3. The molecule has 1 aromatic rings. The largest absolute Gasteiger partial charge is 0.507 e. The lowest BCUT2D eigenvalue weighted by Gasteiger charge is -2.14. The Morgan fingerprint density at radius 2 is 1.62 bits per heavy atom. The molecule has 0 amide bonds. The van der Waals surface area contributed by atoms with Crippen LogP contribution < -0.4 is 0 Å². The highest BCUT2D eigenvalue weighted by Crippen LogP contribution is 2.26. The molecule has 24 heavy (non-hydrogen) atoms. The molecule has 0 aliphatic rings. The van der Waals surface area contributed by atoms with Gasteiger partial charge in [0, 0.05) is 6.54 Å². The van der Waals surface area contributed by atoms with E-state index >= 15 is 0 Å². The minimum absolute atomic E-state index is 0.499. The van der Waals surface area contributed by atoms with Gasteiger partial charge in [-0.1, -0.05) is 51.2 Å². The predicted octanol–water partition coefficient (Wildman–Crippen LogP) is 5.79. The van der Waals surface area contributed by atoms with Crippen LogP contribution in [0.5, 0.6) is 5.75 Å². The molecular formula is C21H37NOS. The van der Waals surface area contributed by atoms with Crippen molar-refractivity contribution in [2.24, 2.45) is 0 Å². The standard InChI is InChI=1S/C21H37NOS/c1-5-6-7-8-9-10-13-24-14-11-12-20-16-19(17-22(3)4)15-18(2)21(20)23/h15-16,23H,5-14,17H2,1-4H3. The van der Waals surface area contributed by atoms with Crippen molar-refractivity contribution in [3.63, 3.8) is 0 Å². The van der Waals surface area contributed by atoms with E-state index < -0.39 is 0 Å². The molecule has 0 aromatic heterocycles. The van der Waals surface area contributed by atoms with Crippen molar-refractivity contribution in [2.45, 2.75) is 71.8 Å². The Labute approximate surface area is 154 Å². The molecule has 2 nitrogen and oxygen atoms in total. The van der Waals surface area contributed by atoms with Gasteiger partial charge in [0.15, 0.2) is 0 Å². The first-order valence-electron chi connectivity index (χ1n) is 9.58. The molecule has 0 atom stereocenters. The Bertz CT molecular complexity index is 459. The topological polar surface area (TPSA) is 23.5 Å². The molecule has 0 heterocycles. The van der Waals surface area contributed by atoms with Crippen molar-refractivity contribution >= 4 is 11.8 Å². The molecule has 138 valence electrons. The van der Waals surface area contributed by atoms with E-state index in [2.05, 4.69) is 49.8 Å². The summed E-state index contributed by atoms with van der Waals surface area (Å²) < 4.78 is 0. The maximum Gasteiger partial charge on any atom is 0.121 e. The third-order valence-corrected chi connectivity index (χ3v) is 5.47. The first-order valence-corrected chi connectivity index (χ1v) is 10.7. The SMILES string of the molecule is CCCCCCCCSCCCc1cc(CN(C)C)cc(C)c1O. The molecule has 0 spiro atoms. The minimum Gasteiger partial charge on any atom is -0.507 e. The average Bonchev–Trinajstić information content (AvgIpc) is 2.53. The van der Waals surface area contributed by atoms with Gasteiger partial charge >= 0.3 is 0 Å². The van der Waals surface area contributed by atoms with E-state index in [1.165, 1.54) is 55.6 Å². The summed E-state index contributed by atoms with van der Waals surface area (Å²) >= 11 is 2.07. The maximum atomic E-state index is 10.3. The number of aryl methyl sites for hydroxylation is 2. The number of phenolic OH excluding ortho intramolecular Hbond substituents is 1. The highest BCUT2D eigenvalue weighted by atomic mass is 32.2. The molecule has 0 fully saturated rings. The van der Waals surface area contributed by atoms with Crippen molar-refractivity contribution in [3.8, 4) is 5.75 Å². The van der Waals surface area contributed by atoms with E-state index in [-0.39, 0.29) is 0 Å². The molecule has 0 aliphatic carbocycles. The fourth-order valence-electron chi connectivity index (χ4n) is 3.03. The summed E-state index contributed by atoms with van der Waals surface area (Å²) in [5.41, 5.74) is 3.42. The molecule has 0 unspecified atom stereocenters. The summed E-state index contributed by atoms with van der Waals surface area (Å²) in [5, 5.41) is 10.3. The van der Waals surface area contributed by atoms with Crippen molar-refractivity contribution < 1.29 is 5.11 Å². The number of benzene rings is 1. The summed E-state index contributed by atoms with van der Waals surface area (Å²) in [5.74, 6) is 2.99. The number of hydrogen-bond acceptors (Lipinski definition) is 3. The molecular weight excluding hydrogens is 314 g/mol. The third-order valence-electron chi connectivity index (χ3n) is 4.32. The van der Waals surface area contributed by atoms with Crippen LogP contribution in [0.3, 0.4) is 0 Å². The van der Waals surface area contributed by atoms with Gasteiger partial charge in [0.1, 0.15) is 5.75 Å². The fourth-order valence-corrected chi connectivity index (χ4v) is 3.99. The monoisotopic (exact) mass is 351 g/mol. The van der Waals surface area contributed by atoms with E-state index in [0.29, 0.717) is 5.75 Å². The van der Waals surface area contributed by atoms with Gasteiger partial charge < -0.3 is 10.0 Å². The molecule has 3 heteroatoms. The zero-order valence-electron chi connectivity index (χ0n) is 16.2. The number of unbranched alkanes of at least 4 members (excludes halogenated alkanes) is 5. The Morgan fingerprint density at radius 3 is 2.33 bits per heavy atom. The van der Waals surface area contributed by atoms with E-state index in [1.807, 2.05) is 6.92 Å². The normalized spacial score (nSPS) is 11.4. The Balaban J connectivity index is 2.23. The molecule has 0 aliphatic heterocycles. The van der Waals surface area contributed by atoms with Crippen LogP contribution in [-0.4, -0.2) is 35.6 Å². The van der Waals surface area contributed by atoms with Crippen molar-refractivity contribution in [3.05, 3.63) is 28.8 Å². The molecule has 0 saturated heterocycles. The van der Waals surface area contributed by atoms with Crippen LogP contribution in [-0.2, 0) is 13.0 Å². The van der Waals surface area contributed by atoms with Crippen LogP contribution in [0.15, 0.2) is 12.1 Å². The second kappa shape index (κ2) is 12.7. The zero-order chi connectivity index (χ0) is 17.8. The van der Waals surface area contributed by atoms with Gasteiger partial charge in [-0.25, -0.2) is 0 Å². The summed E-state index contributed by atoms with van der Waals surface area (Å²) in [6.45, 7) is 5.21. The predicted molar refractivity (Wildman–Crippen MR) is 109 cm³/mol. The molecule has 0 saturated carbocycles. The van der Waals surface area contributed by atoms with E-state index in [9.17, 15) is 5.11 Å². The summed E-state index contributed by atoms with van der Waals surface area (Å²) in [4.78, 5) is 2.17. The lowest BCUT2D eigenvalue weighted by Crippen LogP contribution is -2.11. The van der Waals surface area contributed by atoms with Gasteiger partial charge in [-0.3, -0.25) is 0 Å². The van der Waals surface area contributed by atoms with Crippen LogP contribution >= 0.6 is 11.8 Å². The van der Waals surface area contributed by atoms with Gasteiger partial charge in [0.2, 0.25) is 0 Å². The molecule has 1 N–H and O–H groups in total. The average molecular weight is 352 g/mol. The summed E-state index contributed by atoms with van der Waals surface area (Å²) in [7, 11) is 4.17. The fraction of sp³-hybridized carbons (Fsp3) is 0.714. The Morgan fingerprint density at radius 1 is 0.958 bits per heavy atom. The van der Waals surface area contributed by atoms with Crippen LogP contribution in [0.2, 0.25) is 0 Å². The van der Waals surface area contributed by atoms with Gasteiger partial charge in [-0.05, 0) is 68.5 Å². The van der Waals surface area contributed by atoms with E-state index in [1.54, 1.807) is 0 Å². The number of aromatic hydroxyl groups is 1. The van der Waals surface area contributed by atoms with E-state index in [0.717, 1.165) is 30.5 Å². The highest BCUT2D eigenvalue weighted by Gasteiger charge is 2.08. The molecule has 0 bridgehead atoms. The third kappa shape index (κ3) is 8.98. The second-order valence-corrected chi connectivity index (χ2v) is 8.37. The van der Waals surface area contributed by atoms with Crippen LogP contribution in [0.25, 0.3) is 0 Å². The van der Waals surface area contributed by atoms with Crippen LogP contribution in [0.1, 0.15) is 68.6 Å². The van der Waals surface area contributed by atoms with Gasteiger partial charge in [0.25, 0.3) is 0 Å². The first kappa shape index (κ1) is 21.4. The molecule has 1 rings (SSSR count). The maximum absolute atomic E-state index is 10.3. The number of hydrogen-bond donors (Lipinski definition) is 1. The first-order chi connectivity index (χ1) is 11.5. The van der Waals surface area contributed by atoms with Crippen LogP contribution in [0, 0.1) is 6.92 Å². The number of nitrogens with zero attached hydrogens (tertiary/aromatic N) is 1. The Hall–Kier alpha value is -0.670. The zero-order valence-corrected chi connectivity index (χ0v) is 17.1. The van der Waals surface area contributed by atoms with Gasteiger partial charge in [0.05, 0.1) is 0 Å². The minimum atomic E-state index is 0.499. The molecule has 1 aromatic carbocycles. The van der Waals surface area contributed by atoms with Crippen molar-refractivity contribution in [1.82, 2.24) is 4.90 Å². The number of thioether (sulfide) groups is 1. The van der Waals surface area contributed by atoms with Crippen molar-refractivity contribution in [1.29, 1.82) is 0 Å². The number of rotatable bonds is 13.